The van der Waals surface area contributed by atoms with Gasteiger partial charge in [0, 0.05) is 44.2 Å². The highest BCUT2D eigenvalue weighted by Gasteiger charge is 2.27. The molecule has 1 aliphatic heterocycles. The van der Waals surface area contributed by atoms with E-state index in [1.165, 1.54) is 0 Å². The van der Waals surface area contributed by atoms with E-state index in [-0.39, 0.29) is 24.6 Å². The molecule has 2 N–H and O–H groups in total. The summed E-state index contributed by atoms with van der Waals surface area (Å²) >= 11 is 3.24. The quantitative estimate of drug-likeness (QED) is 0.853. The summed E-state index contributed by atoms with van der Waals surface area (Å²) < 4.78 is 26.2. The number of para-hydroxylation sites is 1. The van der Waals surface area contributed by atoms with E-state index < -0.39 is 12.5 Å². The first kappa shape index (κ1) is 17.6. The van der Waals surface area contributed by atoms with Crippen LogP contribution in [0.3, 0.4) is 0 Å². The van der Waals surface area contributed by atoms with Gasteiger partial charge in [-0.3, -0.25) is 4.90 Å². The van der Waals surface area contributed by atoms with Crippen LogP contribution >= 0.6 is 28.3 Å². The summed E-state index contributed by atoms with van der Waals surface area (Å²) in [6.07, 6.45) is -2.65. The zero-order chi connectivity index (χ0) is 13.8. The van der Waals surface area contributed by atoms with E-state index in [9.17, 15) is 13.9 Å². The number of piperazine rings is 1. The van der Waals surface area contributed by atoms with Gasteiger partial charge in [0.2, 0.25) is 6.43 Å². The Balaban J connectivity index is 0.00000200. The van der Waals surface area contributed by atoms with Crippen LogP contribution in [0.15, 0.2) is 22.7 Å². The van der Waals surface area contributed by atoms with Gasteiger partial charge < -0.3 is 10.4 Å². The van der Waals surface area contributed by atoms with E-state index in [0.29, 0.717) is 23.1 Å². The zero-order valence-corrected chi connectivity index (χ0v) is 13.3. The summed E-state index contributed by atoms with van der Waals surface area (Å²) in [6.45, 7) is 3.00. The highest BCUT2D eigenvalue weighted by molar-refractivity contribution is 9.10. The van der Waals surface area contributed by atoms with Gasteiger partial charge in [-0.15, -0.1) is 12.4 Å². The second kappa shape index (κ2) is 8.12. The average Bonchev–Trinajstić information content (AvgIpc) is 2.40. The Morgan fingerprint density at radius 2 is 1.95 bits per heavy atom. The summed E-state index contributed by atoms with van der Waals surface area (Å²) in [6, 6.07) is 4.74. The fraction of sp³-hybridized carbons (Fsp3) is 0.538. The molecule has 0 spiro atoms. The third-order valence-corrected chi connectivity index (χ3v) is 4.01. The first-order valence-corrected chi connectivity index (χ1v) is 7.09. The third kappa shape index (κ3) is 4.28. The van der Waals surface area contributed by atoms with Gasteiger partial charge in [0.15, 0.2) is 0 Å². The van der Waals surface area contributed by atoms with Crippen molar-refractivity contribution in [3.05, 3.63) is 28.2 Å². The van der Waals surface area contributed by atoms with E-state index in [2.05, 4.69) is 21.2 Å². The maximum Gasteiger partial charge on any atom is 0.240 e. The molecule has 0 amide bonds. The fourth-order valence-electron chi connectivity index (χ4n) is 2.44. The Hall–Kier alpha value is -0.430. The largest absolute Gasteiger partial charge is 0.506 e. The van der Waals surface area contributed by atoms with Crippen LogP contribution in [-0.2, 0) is 0 Å². The number of aromatic hydroxyl groups is 1. The highest BCUT2D eigenvalue weighted by atomic mass is 79.9. The van der Waals surface area contributed by atoms with Crippen LogP contribution in [0, 0.1) is 0 Å². The van der Waals surface area contributed by atoms with Crippen molar-refractivity contribution >= 4 is 28.3 Å². The summed E-state index contributed by atoms with van der Waals surface area (Å²) in [5, 5.41) is 13.3. The Labute approximate surface area is 131 Å². The van der Waals surface area contributed by atoms with Crippen molar-refractivity contribution in [3.63, 3.8) is 0 Å². The molecular formula is C13H18BrClF2N2O. The maximum atomic E-state index is 12.8. The van der Waals surface area contributed by atoms with E-state index in [1.807, 2.05) is 4.90 Å². The van der Waals surface area contributed by atoms with Crippen LogP contribution in [0.25, 0.3) is 0 Å². The molecule has 0 aromatic heterocycles. The lowest BCUT2D eigenvalue weighted by Crippen LogP contribution is -2.45. The standard InChI is InChI=1S/C13H17BrF2N2O.ClH/c14-10-3-1-2-9(13(10)19)11(8-12(15)16)18-6-4-17-5-7-18;/h1-3,11-12,17,19H,4-8H2;1H/t11-;/m1./s1. The molecule has 3 nitrogen and oxygen atoms in total. The van der Waals surface area contributed by atoms with Crippen molar-refractivity contribution in [3.8, 4) is 5.75 Å². The molecule has 114 valence electrons. The second-order valence-corrected chi connectivity index (χ2v) is 5.46. The van der Waals surface area contributed by atoms with E-state index in [0.717, 1.165) is 13.1 Å². The summed E-state index contributed by atoms with van der Waals surface area (Å²) in [4.78, 5) is 2.00. The molecule has 0 aliphatic carbocycles. The molecular weight excluding hydrogens is 354 g/mol. The number of phenols is 1. The van der Waals surface area contributed by atoms with Crippen molar-refractivity contribution in [2.24, 2.45) is 0 Å². The molecule has 2 rings (SSSR count). The van der Waals surface area contributed by atoms with Crippen LogP contribution in [0.2, 0.25) is 0 Å². The number of alkyl halides is 2. The number of benzene rings is 1. The van der Waals surface area contributed by atoms with Gasteiger partial charge in [0.1, 0.15) is 5.75 Å². The Bertz CT molecular complexity index is 431. The van der Waals surface area contributed by atoms with Gasteiger partial charge in [0.05, 0.1) is 4.47 Å². The summed E-state index contributed by atoms with van der Waals surface area (Å²) in [5.74, 6) is 0.0617. The van der Waals surface area contributed by atoms with Crippen LogP contribution in [0.5, 0.6) is 5.75 Å². The number of nitrogens with zero attached hydrogens (tertiary/aromatic N) is 1. The minimum absolute atomic E-state index is 0. The first-order chi connectivity index (χ1) is 9.09. The number of phenolic OH excluding ortho intramolecular Hbond substituents is 1. The molecule has 0 saturated carbocycles. The number of nitrogens with one attached hydrogen (secondary N) is 1. The molecule has 1 heterocycles. The molecule has 1 fully saturated rings. The predicted molar refractivity (Wildman–Crippen MR) is 80.9 cm³/mol. The smallest absolute Gasteiger partial charge is 0.240 e. The lowest BCUT2D eigenvalue weighted by Gasteiger charge is -2.35. The van der Waals surface area contributed by atoms with Crippen molar-refractivity contribution in [1.82, 2.24) is 10.2 Å². The molecule has 1 aliphatic rings. The second-order valence-electron chi connectivity index (χ2n) is 4.61. The SMILES string of the molecule is Cl.Oc1c(Br)cccc1[C@@H](CC(F)F)N1CCNCC1. The van der Waals surface area contributed by atoms with Gasteiger partial charge in [-0.25, -0.2) is 8.78 Å². The molecule has 1 atom stereocenters. The van der Waals surface area contributed by atoms with Crippen LogP contribution < -0.4 is 5.32 Å². The summed E-state index contributed by atoms with van der Waals surface area (Å²) in [7, 11) is 0. The third-order valence-electron chi connectivity index (χ3n) is 3.37. The number of halogens is 4. The van der Waals surface area contributed by atoms with E-state index in [1.54, 1.807) is 18.2 Å². The van der Waals surface area contributed by atoms with E-state index in [4.69, 9.17) is 0 Å². The van der Waals surface area contributed by atoms with Gasteiger partial charge in [0.25, 0.3) is 0 Å². The van der Waals surface area contributed by atoms with Crippen molar-refractivity contribution in [2.45, 2.75) is 18.9 Å². The first-order valence-electron chi connectivity index (χ1n) is 6.30. The lowest BCUT2D eigenvalue weighted by molar-refractivity contribution is 0.0729. The molecule has 7 heteroatoms. The van der Waals surface area contributed by atoms with Crippen molar-refractivity contribution < 1.29 is 13.9 Å². The molecule has 0 unspecified atom stereocenters. The maximum absolute atomic E-state index is 12.8. The van der Waals surface area contributed by atoms with Crippen molar-refractivity contribution in [2.75, 3.05) is 26.2 Å². The average molecular weight is 372 g/mol. The van der Waals surface area contributed by atoms with Gasteiger partial charge in [-0.1, -0.05) is 12.1 Å². The molecule has 0 radical (unpaired) electrons. The van der Waals surface area contributed by atoms with Gasteiger partial charge in [-0.2, -0.15) is 0 Å². The number of hydrogen-bond donors (Lipinski definition) is 2. The molecule has 0 bridgehead atoms. The monoisotopic (exact) mass is 370 g/mol. The topological polar surface area (TPSA) is 35.5 Å². The normalized spacial score (nSPS) is 17.8. The predicted octanol–water partition coefficient (Wildman–Crippen LogP) is 3.18. The van der Waals surface area contributed by atoms with Crippen LogP contribution in [0.4, 0.5) is 8.78 Å². The Morgan fingerprint density at radius 1 is 1.30 bits per heavy atom. The lowest BCUT2D eigenvalue weighted by atomic mass is 10.0. The molecule has 1 aromatic carbocycles. The minimum Gasteiger partial charge on any atom is -0.506 e. The Kier molecular flexibility index (Phi) is 7.15. The Morgan fingerprint density at radius 3 is 2.55 bits per heavy atom. The van der Waals surface area contributed by atoms with E-state index >= 15 is 0 Å². The molecule has 1 saturated heterocycles. The number of hydrogen-bond acceptors (Lipinski definition) is 3. The molecule has 20 heavy (non-hydrogen) atoms. The fourth-order valence-corrected chi connectivity index (χ4v) is 2.82. The van der Waals surface area contributed by atoms with Crippen molar-refractivity contribution in [1.29, 1.82) is 0 Å². The minimum atomic E-state index is -2.39. The zero-order valence-electron chi connectivity index (χ0n) is 10.9. The molecule has 1 aromatic rings. The number of rotatable bonds is 4. The van der Waals surface area contributed by atoms with Gasteiger partial charge in [-0.05, 0) is 22.0 Å². The highest BCUT2D eigenvalue weighted by Crippen LogP contribution is 2.37. The van der Waals surface area contributed by atoms with Crippen LogP contribution in [-0.4, -0.2) is 42.6 Å². The van der Waals surface area contributed by atoms with Gasteiger partial charge >= 0.3 is 0 Å². The summed E-state index contributed by atoms with van der Waals surface area (Å²) in [5.41, 5.74) is 0.566. The van der Waals surface area contributed by atoms with Crippen LogP contribution in [0.1, 0.15) is 18.0 Å².